The molecule has 0 saturated heterocycles. The van der Waals surface area contributed by atoms with E-state index in [1.807, 2.05) is 0 Å². The highest BCUT2D eigenvalue weighted by Gasteiger charge is 2.16. The van der Waals surface area contributed by atoms with Crippen molar-refractivity contribution in [1.29, 1.82) is 0 Å². The van der Waals surface area contributed by atoms with Gasteiger partial charge in [-0.2, -0.15) is 5.10 Å². The molecule has 0 atom stereocenters. The minimum absolute atomic E-state index is 0.182. The first-order valence-electron chi connectivity index (χ1n) is 6.07. The molecule has 7 nitrogen and oxygen atoms in total. The topological polar surface area (TPSA) is 108 Å². The molecule has 2 aromatic rings. The van der Waals surface area contributed by atoms with E-state index in [9.17, 15) is 8.42 Å². The summed E-state index contributed by atoms with van der Waals surface area (Å²) >= 11 is 0. The number of benzene rings is 1. The van der Waals surface area contributed by atoms with Crippen LogP contribution in [0.3, 0.4) is 0 Å². The minimum Gasteiger partial charge on any atom is -0.392 e. The molecule has 3 N–H and O–H groups in total. The Kier molecular flexibility index (Phi) is 4.48. The third-order valence-corrected chi connectivity index (χ3v) is 4.45. The molecule has 0 aliphatic heterocycles. The predicted molar refractivity (Wildman–Crippen MR) is 72.4 cm³/mol. The van der Waals surface area contributed by atoms with Crippen LogP contribution in [0, 0.1) is 6.92 Å². The van der Waals surface area contributed by atoms with E-state index in [0.29, 0.717) is 23.4 Å². The Hall–Kier alpha value is -1.77. The lowest BCUT2D eigenvalue weighted by Gasteiger charge is -2.10. The number of sulfonamides is 1. The number of hydrogen-bond donors (Lipinski definition) is 3. The van der Waals surface area contributed by atoms with Gasteiger partial charge < -0.3 is 5.11 Å². The zero-order valence-electron chi connectivity index (χ0n) is 11.0. The van der Waals surface area contributed by atoms with Crippen molar-refractivity contribution in [3.63, 3.8) is 0 Å². The van der Waals surface area contributed by atoms with Gasteiger partial charge in [0, 0.05) is 13.0 Å². The van der Waals surface area contributed by atoms with E-state index >= 15 is 0 Å². The molecule has 0 radical (unpaired) electrons. The van der Waals surface area contributed by atoms with Gasteiger partial charge in [-0.3, -0.25) is 5.10 Å². The number of aromatic amines is 1. The predicted octanol–water partition coefficient (Wildman–Crippen LogP) is 0.126. The highest BCUT2D eigenvalue weighted by Crippen LogP contribution is 2.17. The number of aliphatic hydroxyl groups is 1. The van der Waals surface area contributed by atoms with Crippen LogP contribution < -0.4 is 4.72 Å². The van der Waals surface area contributed by atoms with Gasteiger partial charge >= 0.3 is 0 Å². The third kappa shape index (κ3) is 3.41. The molecule has 8 heteroatoms. The molecule has 0 aliphatic carbocycles. The maximum absolute atomic E-state index is 12.2. The SMILES string of the molecule is Cc1ccc(CO)cc1S(=O)(=O)NCCc1ncn[nH]1. The Balaban J connectivity index is 2.09. The highest BCUT2D eigenvalue weighted by molar-refractivity contribution is 7.89. The lowest BCUT2D eigenvalue weighted by atomic mass is 10.2. The average Bonchev–Trinajstić information content (AvgIpc) is 2.92. The number of aryl methyl sites for hydroxylation is 1. The van der Waals surface area contributed by atoms with Gasteiger partial charge in [-0.25, -0.2) is 18.1 Å². The first-order valence-corrected chi connectivity index (χ1v) is 7.55. The largest absolute Gasteiger partial charge is 0.392 e. The van der Waals surface area contributed by atoms with Crippen LogP contribution in [0.15, 0.2) is 29.4 Å². The second-order valence-corrected chi connectivity index (χ2v) is 6.07. The lowest BCUT2D eigenvalue weighted by molar-refractivity contribution is 0.281. The van der Waals surface area contributed by atoms with Crippen molar-refractivity contribution < 1.29 is 13.5 Å². The molecule has 1 aromatic heterocycles. The summed E-state index contributed by atoms with van der Waals surface area (Å²) in [5, 5.41) is 15.4. The molecule has 0 bridgehead atoms. The summed E-state index contributed by atoms with van der Waals surface area (Å²) in [7, 11) is -3.60. The molecule has 0 amide bonds. The van der Waals surface area contributed by atoms with E-state index in [1.54, 1.807) is 19.1 Å². The van der Waals surface area contributed by atoms with Crippen LogP contribution in [0.4, 0.5) is 0 Å². The fraction of sp³-hybridized carbons (Fsp3) is 0.333. The van der Waals surface area contributed by atoms with E-state index < -0.39 is 10.0 Å². The molecular formula is C12H16N4O3S. The molecule has 1 heterocycles. The van der Waals surface area contributed by atoms with Gasteiger partial charge in [0.1, 0.15) is 12.2 Å². The Bertz CT molecular complexity index is 668. The van der Waals surface area contributed by atoms with Crippen LogP contribution in [0.1, 0.15) is 17.0 Å². The number of nitrogens with zero attached hydrogens (tertiary/aromatic N) is 2. The zero-order chi connectivity index (χ0) is 14.6. The van der Waals surface area contributed by atoms with Gasteiger partial charge in [-0.1, -0.05) is 12.1 Å². The van der Waals surface area contributed by atoms with Gasteiger partial charge in [0.25, 0.3) is 0 Å². The Morgan fingerprint density at radius 3 is 2.85 bits per heavy atom. The van der Waals surface area contributed by atoms with Crippen molar-refractivity contribution in [3.8, 4) is 0 Å². The number of rotatable bonds is 6. The number of hydrogen-bond acceptors (Lipinski definition) is 5. The summed E-state index contributed by atoms with van der Waals surface area (Å²) in [4.78, 5) is 4.10. The van der Waals surface area contributed by atoms with Crippen LogP contribution in [-0.2, 0) is 23.1 Å². The molecule has 0 saturated carbocycles. The van der Waals surface area contributed by atoms with E-state index in [-0.39, 0.29) is 18.0 Å². The zero-order valence-corrected chi connectivity index (χ0v) is 11.8. The Labute approximate surface area is 117 Å². The van der Waals surface area contributed by atoms with E-state index in [0.717, 1.165) is 0 Å². The van der Waals surface area contributed by atoms with Crippen molar-refractivity contribution in [1.82, 2.24) is 19.9 Å². The highest BCUT2D eigenvalue weighted by atomic mass is 32.2. The first-order chi connectivity index (χ1) is 9.53. The summed E-state index contributed by atoms with van der Waals surface area (Å²) in [6, 6.07) is 4.85. The van der Waals surface area contributed by atoms with Gasteiger partial charge in [-0.15, -0.1) is 0 Å². The summed E-state index contributed by atoms with van der Waals surface area (Å²) in [6.07, 6.45) is 1.80. The molecule has 2 rings (SSSR count). The van der Waals surface area contributed by atoms with Crippen LogP contribution in [0.2, 0.25) is 0 Å². The summed E-state index contributed by atoms with van der Waals surface area (Å²) in [6.45, 7) is 1.74. The molecule has 0 aliphatic rings. The van der Waals surface area contributed by atoms with Crippen molar-refractivity contribution in [2.45, 2.75) is 24.8 Å². The average molecular weight is 296 g/mol. The maximum Gasteiger partial charge on any atom is 0.240 e. The van der Waals surface area contributed by atoms with Crippen LogP contribution in [0.25, 0.3) is 0 Å². The summed E-state index contributed by atoms with van der Waals surface area (Å²) in [5.74, 6) is 0.619. The smallest absolute Gasteiger partial charge is 0.240 e. The second-order valence-electron chi connectivity index (χ2n) is 4.34. The van der Waals surface area contributed by atoms with E-state index in [4.69, 9.17) is 5.11 Å². The number of H-pyrrole nitrogens is 1. The summed E-state index contributed by atoms with van der Waals surface area (Å²) in [5.41, 5.74) is 1.19. The molecule has 0 spiro atoms. The molecule has 20 heavy (non-hydrogen) atoms. The maximum atomic E-state index is 12.2. The normalized spacial score (nSPS) is 11.7. The Morgan fingerprint density at radius 2 is 2.20 bits per heavy atom. The second kappa shape index (κ2) is 6.12. The number of aliphatic hydroxyl groups excluding tert-OH is 1. The first kappa shape index (κ1) is 14.6. The van der Waals surface area contributed by atoms with Crippen molar-refractivity contribution in [2.24, 2.45) is 0 Å². The quantitative estimate of drug-likeness (QED) is 0.702. The Morgan fingerprint density at radius 1 is 1.40 bits per heavy atom. The molecule has 108 valence electrons. The van der Waals surface area contributed by atoms with Crippen molar-refractivity contribution in [3.05, 3.63) is 41.5 Å². The minimum atomic E-state index is -3.60. The fourth-order valence-corrected chi connectivity index (χ4v) is 3.09. The van der Waals surface area contributed by atoms with Crippen LogP contribution in [0.5, 0.6) is 0 Å². The van der Waals surface area contributed by atoms with Crippen molar-refractivity contribution in [2.75, 3.05) is 6.54 Å². The van der Waals surface area contributed by atoms with Crippen LogP contribution >= 0.6 is 0 Å². The van der Waals surface area contributed by atoms with Crippen molar-refractivity contribution >= 4 is 10.0 Å². The number of nitrogens with one attached hydrogen (secondary N) is 2. The molecular weight excluding hydrogens is 280 g/mol. The fourth-order valence-electron chi connectivity index (χ4n) is 1.77. The molecule has 0 unspecified atom stereocenters. The van der Waals surface area contributed by atoms with Gasteiger partial charge in [0.15, 0.2) is 0 Å². The van der Waals surface area contributed by atoms with E-state index in [1.165, 1.54) is 12.4 Å². The molecule has 0 fully saturated rings. The lowest BCUT2D eigenvalue weighted by Crippen LogP contribution is -2.27. The standard InChI is InChI=1S/C12H16N4O3S/c1-9-2-3-10(7-17)6-11(9)20(18,19)15-5-4-12-13-8-14-16-12/h2-3,6,8,15,17H,4-5,7H2,1H3,(H,13,14,16). The summed E-state index contributed by atoms with van der Waals surface area (Å²) < 4.78 is 26.9. The van der Waals surface area contributed by atoms with E-state index in [2.05, 4.69) is 19.9 Å². The van der Waals surface area contributed by atoms with Gasteiger partial charge in [0.05, 0.1) is 11.5 Å². The van der Waals surface area contributed by atoms with Gasteiger partial charge in [-0.05, 0) is 24.1 Å². The molecule has 1 aromatic carbocycles. The van der Waals surface area contributed by atoms with Crippen LogP contribution in [-0.4, -0.2) is 35.3 Å². The van der Waals surface area contributed by atoms with Gasteiger partial charge in [0.2, 0.25) is 10.0 Å². The number of aromatic nitrogens is 3. The third-order valence-electron chi connectivity index (χ3n) is 2.84. The monoisotopic (exact) mass is 296 g/mol.